The molecule has 0 N–H and O–H groups in total. The number of hydrogen-bond donors (Lipinski definition) is 0. The van der Waals surface area contributed by atoms with Gasteiger partial charge in [0.25, 0.3) is 0 Å². The van der Waals surface area contributed by atoms with E-state index >= 15 is 0 Å². The number of ether oxygens (including phenoxy) is 1. The monoisotopic (exact) mass is 326 g/mol. The molecule has 0 spiro atoms. The van der Waals surface area contributed by atoms with Crippen molar-refractivity contribution in [3.05, 3.63) is 41.2 Å². The van der Waals surface area contributed by atoms with Gasteiger partial charge in [-0.15, -0.1) is 11.6 Å². The number of halogens is 3. The second-order valence-corrected chi connectivity index (χ2v) is 4.82. The zero-order chi connectivity index (χ0) is 15.0. The molecular weight excluding hydrogens is 318 g/mol. The second kappa shape index (κ2) is 5.46. The molecule has 2 heterocycles. The van der Waals surface area contributed by atoms with E-state index < -0.39 is 5.82 Å². The fraction of sp³-hybridized carbons (Fsp3) is 0.154. The van der Waals surface area contributed by atoms with E-state index in [4.69, 9.17) is 27.9 Å². The van der Waals surface area contributed by atoms with Gasteiger partial charge < -0.3 is 4.74 Å². The van der Waals surface area contributed by atoms with Gasteiger partial charge in [0.1, 0.15) is 18.0 Å². The van der Waals surface area contributed by atoms with Gasteiger partial charge in [-0.25, -0.2) is 14.4 Å². The Morgan fingerprint density at radius 3 is 2.81 bits per heavy atom. The van der Waals surface area contributed by atoms with Crippen molar-refractivity contribution in [2.45, 2.75) is 5.88 Å². The van der Waals surface area contributed by atoms with Crippen LogP contribution in [0.1, 0.15) is 5.82 Å². The van der Waals surface area contributed by atoms with Crippen LogP contribution >= 0.6 is 23.2 Å². The zero-order valence-corrected chi connectivity index (χ0v) is 12.4. The molecule has 0 aliphatic rings. The summed E-state index contributed by atoms with van der Waals surface area (Å²) >= 11 is 12.1. The summed E-state index contributed by atoms with van der Waals surface area (Å²) in [6.45, 7) is 0. The molecule has 0 atom stereocenters. The number of benzene rings is 1. The Morgan fingerprint density at radius 2 is 2.14 bits per heavy atom. The third kappa shape index (κ3) is 2.30. The molecule has 1 aromatic carbocycles. The Kier molecular flexibility index (Phi) is 3.65. The molecule has 0 bridgehead atoms. The third-order valence-electron chi connectivity index (χ3n) is 2.94. The summed E-state index contributed by atoms with van der Waals surface area (Å²) < 4.78 is 20.0. The van der Waals surface area contributed by atoms with Gasteiger partial charge in [-0.3, -0.25) is 4.57 Å². The van der Waals surface area contributed by atoms with Crippen molar-refractivity contribution in [3.63, 3.8) is 0 Å². The molecule has 0 saturated carbocycles. The number of alkyl halides is 1. The Labute approximate surface area is 129 Å². The summed E-state index contributed by atoms with van der Waals surface area (Å²) in [6, 6.07) is 4.08. The first-order valence-electron chi connectivity index (χ1n) is 5.93. The summed E-state index contributed by atoms with van der Waals surface area (Å²) in [4.78, 5) is 12.6. The van der Waals surface area contributed by atoms with Gasteiger partial charge in [-0.2, -0.15) is 4.98 Å². The number of hydrogen-bond acceptors (Lipinski definition) is 4. The van der Waals surface area contributed by atoms with Crippen LogP contribution in [-0.4, -0.2) is 26.6 Å². The Morgan fingerprint density at radius 1 is 1.33 bits per heavy atom. The topological polar surface area (TPSA) is 52.8 Å². The van der Waals surface area contributed by atoms with Crippen molar-refractivity contribution in [1.29, 1.82) is 0 Å². The molecule has 2 aromatic heterocycles. The van der Waals surface area contributed by atoms with E-state index in [0.29, 0.717) is 28.6 Å². The number of aromatic nitrogens is 4. The molecule has 5 nitrogen and oxygen atoms in total. The summed E-state index contributed by atoms with van der Waals surface area (Å²) in [5.41, 5.74) is 1.50. The average molecular weight is 327 g/mol. The molecule has 0 unspecified atom stereocenters. The van der Waals surface area contributed by atoms with Gasteiger partial charge in [-0.05, 0) is 18.2 Å². The molecule has 108 valence electrons. The molecule has 21 heavy (non-hydrogen) atoms. The third-order valence-corrected chi connectivity index (χ3v) is 3.49. The number of nitrogens with zero attached hydrogens (tertiary/aromatic N) is 4. The lowest BCUT2D eigenvalue weighted by atomic mass is 10.3. The zero-order valence-electron chi connectivity index (χ0n) is 10.8. The maximum atomic E-state index is 13.2. The maximum absolute atomic E-state index is 13.2. The van der Waals surface area contributed by atoms with Gasteiger partial charge in [-0.1, -0.05) is 11.6 Å². The average Bonchev–Trinajstić information content (AvgIpc) is 2.85. The van der Waals surface area contributed by atoms with Crippen LogP contribution in [-0.2, 0) is 5.88 Å². The van der Waals surface area contributed by atoms with Gasteiger partial charge in [0.15, 0.2) is 11.2 Å². The van der Waals surface area contributed by atoms with Crippen molar-refractivity contribution in [2.24, 2.45) is 0 Å². The first-order chi connectivity index (χ1) is 10.2. The minimum absolute atomic E-state index is 0.132. The minimum atomic E-state index is -0.423. The lowest BCUT2D eigenvalue weighted by Crippen LogP contribution is -2.01. The summed E-state index contributed by atoms with van der Waals surface area (Å²) in [7, 11) is 1.49. The SMILES string of the molecule is COc1ncnc2c1nc(CCl)n2-c1ccc(F)cc1Cl. The molecule has 0 radical (unpaired) electrons. The van der Waals surface area contributed by atoms with Crippen LogP contribution in [0.15, 0.2) is 24.5 Å². The fourth-order valence-corrected chi connectivity index (χ4v) is 2.50. The molecule has 0 aliphatic carbocycles. The van der Waals surface area contributed by atoms with Gasteiger partial charge in [0.05, 0.1) is 23.7 Å². The van der Waals surface area contributed by atoms with E-state index in [1.165, 1.54) is 25.6 Å². The molecule has 8 heteroatoms. The predicted octanol–water partition coefficient (Wildman–Crippen LogP) is 3.36. The highest BCUT2D eigenvalue weighted by molar-refractivity contribution is 6.32. The Balaban J connectivity index is 2.35. The highest BCUT2D eigenvalue weighted by atomic mass is 35.5. The van der Waals surface area contributed by atoms with Crippen LogP contribution in [0.4, 0.5) is 4.39 Å². The standard InChI is InChI=1S/C13H9Cl2FN4O/c1-21-13-11-12(17-6-18-13)20(10(5-14)19-11)9-3-2-7(16)4-8(9)15/h2-4,6H,5H2,1H3. The van der Waals surface area contributed by atoms with Crippen LogP contribution in [0.3, 0.4) is 0 Å². The van der Waals surface area contributed by atoms with E-state index in [0.717, 1.165) is 0 Å². The molecular formula is C13H9Cl2FN4O. The van der Waals surface area contributed by atoms with Gasteiger partial charge >= 0.3 is 0 Å². The predicted molar refractivity (Wildman–Crippen MR) is 77.7 cm³/mol. The molecule has 3 aromatic rings. The fourth-order valence-electron chi connectivity index (χ4n) is 2.07. The Hall–Kier alpha value is -1.92. The largest absolute Gasteiger partial charge is 0.479 e. The number of rotatable bonds is 3. The van der Waals surface area contributed by atoms with Gasteiger partial charge in [0.2, 0.25) is 5.88 Å². The maximum Gasteiger partial charge on any atom is 0.245 e. The van der Waals surface area contributed by atoms with E-state index in [1.807, 2.05) is 0 Å². The summed E-state index contributed by atoms with van der Waals surface area (Å²) in [5.74, 6) is 0.558. The minimum Gasteiger partial charge on any atom is -0.479 e. The van der Waals surface area contributed by atoms with Crippen molar-refractivity contribution in [1.82, 2.24) is 19.5 Å². The highest BCUT2D eigenvalue weighted by Gasteiger charge is 2.18. The summed E-state index contributed by atoms with van der Waals surface area (Å²) in [6.07, 6.45) is 1.36. The lowest BCUT2D eigenvalue weighted by molar-refractivity contribution is 0.401. The molecule has 0 aliphatic heterocycles. The van der Waals surface area contributed by atoms with E-state index in [9.17, 15) is 4.39 Å². The number of fused-ring (bicyclic) bond motifs is 1. The van der Waals surface area contributed by atoms with Crippen molar-refractivity contribution >= 4 is 34.4 Å². The van der Waals surface area contributed by atoms with Crippen molar-refractivity contribution in [2.75, 3.05) is 7.11 Å². The molecule has 0 amide bonds. The van der Waals surface area contributed by atoms with Gasteiger partial charge in [0, 0.05) is 0 Å². The normalized spacial score (nSPS) is 11.0. The molecule has 0 fully saturated rings. The van der Waals surface area contributed by atoms with Crippen LogP contribution < -0.4 is 4.74 Å². The molecule has 0 saturated heterocycles. The van der Waals surface area contributed by atoms with E-state index in [2.05, 4.69) is 15.0 Å². The van der Waals surface area contributed by atoms with E-state index in [-0.39, 0.29) is 10.9 Å². The lowest BCUT2D eigenvalue weighted by Gasteiger charge is -2.09. The van der Waals surface area contributed by atoms with Crippen molar-refractivity contribution < 1.29 is 9.13 Å². The second-order valence-electron chi connectivity index (χ2n) is 4.15. The Bertz CT molecular complexity index is 821. The number of imidazole rings is 1. The first-order valence-corrected chi connectivity index (χ1v) is 6.84. The van der Waals surface area contributed by atoms with Crippen LogP contribution in [0.5, 0.6) is 5.88 Å². The first kappa shape index (κ1) is 14.0. The van der Waals surface area contributed by atoms with Crippen LogP contribution in [0.25, 0.3) is 16.9 Å². The smallest absolute Gasteiger partial charge is 0.245 e. The molecule has 3 rings (SSSR count). The van der Waals surface area contributed by atoms with E-state index in [1.54, 1.807) is 10.6 Å². The highest BCUT2D eigenvalue weighted by Crippen LogP contribution is 2.29. The van der Waals surface area contributed by atoms with Crippen LogP contribution in [0.2, 0.25) is 5.02 Å². The van der Waals surface area contributed by atoms with Crippen LogP contribution in [0, 0.1) is 5.82 Å². The summed E-state index contributed by atoms with van der Waals surface area (Å²) in [5, 5.41) is 0.234. The number of methoxy groups -OCH3 is 1. The quantitative estimate of drug-likeness (QED) is 0.692. The van der Waals surface area contributed by atoms with Crippen molar-refractivity contribution in [3.8, 4) is 11.6 Å².